The van der Waals surface area contributed by atoms with E-state index in [1.165, 1.54) is 0 Å². The Kier molecular flexibility index (Phi) is 4.92. The predicted molar refractivity (Wildman–Crippen MR) is 68.0 cm³/mol. The highest BCUT2D eigenvalue weighted by atomic mass is 28.3. The van der Waals surface area contributed by atoms with Crippen LogP contribution in [0.5, 0.6) is 0 Å². The van der Waals surface area contributed by atoms with Crippen LogP contribution in [0.3, 0.4) is 0 Å². The van der Waals surface area contributed by atoms with E-state index in [1.54, 1.807) is 0 Å². The molecular formula is C10H16F3N3O3Si. The van der Waals surface area contributed by atoms with Crippen LogP contribution in [-0.2, 0) is 17.6 Å². The zero-order chi connectivity index (χ0) is 15.6. The number of hydrogen-bond acceptors (Lipinski definition) is 4. The van der Waals surface area contributed by atoms with Crippen LogP contribution in [0.25, 0.3) is 0 Å². The maximum absolute atomic E-state index is 12.6. The van der Waals surface area contributed by atoms with Crippen LogP contribution in [0.15, 0.2) is 6.20 Å². The lowest BCUT2D eigenvalue weighted by Gasteiger charge is -2.15. The average Bonchev–Trinajstić information content (AvgIpc) is 2.67. The van der Waals surface area contributed by atoms with Gasteiger partial charge in [0.1, 0.15) is 12.9 Å². The molecule has 0 saturated carbocycles. The Morgan fingerprint density at radius 1 is 1.45 bits per heavy atom. The van der Waals surface area contributed by atoms with Crippen LogP contribution < -0.4 is 0 Å². The van der Waals surface area contributed by atoms with Crippen molar-refractivity contribution in [1.82, 2.24) is 9.78 Å². The molecule has 114 valence electrons. The summed E-state index contributed by atoms with van der Waals surface area (Å²) in [7, 11) is -1.29. The first-order valence-corrected chi connectivity index (χ1v) is 9.58. The molecule has 0 saturated heterocycles. The molecule has 0 aliphatic heterocycles. The number of nitro groups is 1. The van der Waals surface area contributed by atoms with Crippen molar-refractivity contribution in [3.63, 3.8) is 0 Å². The molecule has 20 heavy (non-hydrogen) atoms. The number of alkyl halides is 3. The van der Waals surface area contributed by atoms with Gasteiger partial charge in [0.05, 0.1) is 4.92 Å². The lowest BCUT2D eigenvalue weighted by atomic mass is 10.4. The first kappa shape index (κ1) is 16.6. The topological polar surface area (TPSA) is 70.2 Å². The van der Waals surface area contributed by atoms with Crippen LogP contribution >= 0.6 is 0 Å². The number of aromatic nitrogens is 2. The van der Waals surface area contributed by atoms with Crippen molar-refractivity contribution >= 4 is 13.8 Å². The maximum atomic E-state index is 12.6. The monoisotopic (exact) mass is 311 g/mol. The van der Waals surface area contributed by atoms with Gasteiger partial charge in [-0.3, -0.25) is 10.1 Å². The van der Waals surface area contributed by atoms with Gasteiger partial charge in [0.25, 0.3) is 0 Å². The van der Waals surface area contributed by atoms with E-state index in [-0.39, 0.29) is 6.73 Å². The highest BCUT2D eigenvalue weighted by Crippen LogP contribution is 2.34. The van der Waals surface area contributed by atoms with Crippen molar-refractivity contribution < 1.29 is 22.8 Å². The Morgan fingerprint density at radius 3 is 2.45 bits per heavy atom. The molecule has 1 aromatic rings. The molecule has 1 rings (SSSR count). The van der Waals surface area contributed by atoms with Crippen molar-refractivity contribution in [2.75, 3.05) is 6.61 Å². The minimum atomic E-state index is -4.86. The summed E-state index contributed by atoms with van der Waals surface area (Å²) in [5, 5.41) is 13.7. The van der Waals surface area contributed by atoms with E-state index >= 15 is 0 Å². The largest absolute Gasteiger partial charge is 0.442 e. The van der Waals surface area contributed by atoms with E-state index in [1.807, 2.05) is 0 Å². The quantitative estimate of drug-likeness (QED) is 0.350. The minimum Gasteiger partial charge on any atom is -0.360 e. The Morgan fingerprint density at radius 2 is 2.05 bits per heavy atom. The second-order valence-corrected chi connectivity index (χ2v) is 11.1. The summed E-state index contributed by atoms with van der Waals surface area (Å²) in [5.41, 5.74) is -2.57. The van der Waals surface area contributed by atoms with Gasteiger partial charge in [-0.25, -0.2) is 4.68 Å². The van der Waals surface area contributed by atoms with Gasteiger partial charge in [0.2, 0.25) is 5.69 Å². The van der Waals surface area contributed by atoms with Crippen molar-refractivity contribution in [2.24, 2.45) is 0 Å². The second-order valence-electron chi connectivity index (χ2n) is 5.51. The summed E-state index contributed by atoms with van der Waals surface area (Å²) < 4.78 is 43.7. The van der Waals surface area contributed by atoms with Gasteiger partial charge in [0.15, 0.2) is 0 Å². The SMILES string of the molecule is C[Si](C)(C)CCOCn1cc([N+](=O)[O-])c(C(F)(F)F)n1. The summed E-state index contributed by atoms with van der Waals surface area (Å²) in [5.74, 6) is 0. The molecule has 0 fully saturated rings. The Bertz CT molecular complexity index is 482. The molecule has 0 atom stereocenters. The zero-order valence-electron chi connectivity index (χ0n) is 11.4. The lowest BCUT2D eigenvalue weighted by molar-refractivity contribution is -0.388. The van der Waals surface area contributed by atoms with Gasteiger partial charge in [-0.1, -0.05) is 19.6 Å². The van der Waals surface area contributed by atoms with Crippen LogP contribution in [-0.4, -0.2) is 29.4 Å². The number of nitrogens with zero attached hydrogens (tertiary/aromatic N) is 3. The molecule has 0 bridgehead atoms. The second kappa shape index (κ2) is 5.91. The number of hydrogen-bond donors (Lipinski definition) is 0. The number of rotatable bonds is 6. The molecule has 0 aliphatic rings. The van der Waals surface area contributed by atoms with Crippen molar-refractivity contribution in [3.05, 3.63) is 22.0 Å². The van der Waals surface area contributed by atoms with E-state index in [0.29, 0.717) is 6.61 Å². The number of ether oxygens (including phenoxy) is 1. The van der Waals surface area contributed by atoms with Gasteiger partial charge in [-0.15, -0.1) is 0 Å². The normalized spacial score (nSPS) is 12.7. The first-order valence-electron chi connectivity index (χ1n) is 5.87. The number of halogens is 3. The van der Waals surface area contributed by atoms with Crippen molar-refractivity contribution in [3.8, 4) is 0 Å². The van der Waals surface area contributed by atoms with Crippen molar-refractivity contribution in [1.29, 1.82) is 0 Å². The standard InChI is InChI=1S/C10H16F3N3O3Si/c1-20(2,3)5-4-19-7-15-6-8(16(17)18)9(14-15)10(11,12)13/h6H,4-5,7H2,1-3H3. The summed E-state index contributed by atoms with van der Waals surface area (Å²) in [4.78, 5) is 9.46. The third-order valence-corrected chi connectivity index (χ3v) is 4.13. The summed E-state index contributed by atoms with van der Waals surface area (Å²) in [6, 6.07) is 0.850. The smallest absolute Gasteiger partial charge is 0.360 e. The maximum Gasteiger partial charge on any atom is 0.442 e. The van der Waals surface area contributed by atoms with Gasteiger partial charge in [-0.2, -0.15) is 18.3 Å². The van der Waals surface area contributed by atoms with Crippen molar-refractivity contribution in [2.45, 2.75) is 38.6 Å². The van der Waals surface area contributed by atoms with Gasteiger partial charge < -0.3 is 4.74 Å². The van der Waals surface area contributed by atoms with E-state index in [9.17, 15) is 23.3 Å². The molecule has 0 aromatic carbocycles. The van der Waals surface area contributed by atoms with Crippen LogP contribution in [0.4, 0.5) is 18.9 Å². The van der Waals surface area contributed by atoms with Crippen LogP contribution in [0, 0.1) is 10.1 Å². The van der Waals surface area contributed by atoms with E-state index < -0.39 is 30.6 Å². The molecule has 0 amide bonds. The predicted octanol–water partition coefficient (Wildman–Crippen LogP) is 3.12. The minimum absolute atomic E-state index is 0.235. The highest BCUT2D eigenvalue weighted by Gasteiger charge is 2.42. The molecule has 1 aromatic heterocycles. The third kappa shape index (κ3) is 4.93. The fraction of sp³-hybridized carbons (Fsp3) is 0.700. The fourth-order valence-electron chi connectivity index (χ4n) is 1.35. The highest BCUT2D eigenvalue weighted by molar-refractivity contribution is 6.76. The van der Waals surface area contributed by atoms with Crippen LogP contribution in [0.2, 0.25) is 25.7 Å². The van der Waals surface area contributed by atoms with E-state index in [4.69, 9.17) is 4.74 Å². The summed E-state index contributed by atoms with van der Waals surface area (Å²) in [6.07, 6.45) is -4.12. The van der Waals surface area contributed by atoms with Crippen LogP contribution in [0.1, 0.15) is 5.69 Å². The Balaban J connectivity index is 2.71. The molecule has 0 radical (unpaired) electrons. The van der Waals surface area contributed by atoms with Gasteiger partial charge in [-0.05, 0) is 6.04 Å². The average molecular weight is 311 g/mol. The Hall–Kier alpha value is -1.42. The first-order chi connectivity index (χ1) is 9.00. The lowest BCUT2D eigenvalue weighted by Crippen LogP contribution is -2.22. The van der Waals surface area contributed by atoms with Gasteiger partial charge in [0, 0.05) is 14.7 Å². The molecule has 6 nitrogen and oxygen atoms in total. The molecule has 0 N–H and O–H groups in total. The molecule has 0 unspecified atom stereocenters. The van der Waals surface area contributed by atoms with Gasteiger partial charge >= 0.3 is 11.9 Å². The molecule has 10 heteroatoms. The molecule has 1 heterocycles. The summed E-state index contributed by atoms with van der Waals surface area (Å²) in [6.45, 7) is 6.57. The summed E-state index contributed by atoms with van der Waals surface area (Å²) >= 11 is 0. The fourth-order valence-corrected chi connectivity index (χ4v) is 2.11. The van der Waals surface area contributed by atoms with E-state index in [2.05, 4.69) is 24.7 Å². The van der Waals surface area contributed by atoms with E-state index in [0.717, 1.165) is 16.9 Å². The zero-order valence-corrected chi connectivity index (χ0v) is 12.4. The molecule has 0 spiro atoms. The molecule has 0 aliphatic carbocycles. The Labute approximate surface area is 114 Å². The third-order valence-electron chi connectivity index (χ3n) is 2.43. The molecular weight excluding hydrogens is 295 g/mol.